The van der Waals surface area contributed by atoms with E-state index in [1.54, 1.807) is 17.4 Å². The monoisotopic (exact) mass is 438 g/mol. The summed E-state index contributed by atoms with van der Waals surface area (Å²) in [5, 5.41) is 12.1. The highest BCUT2D eigenvalue weighted by Crippen LogP contribution is 2.31. The highest BCUT2D eigenvalue weighted by Gasteiger charge is 2.20. The molecule has 1 unspecified atom stereocenters. The van der Waals surface area contributed by atoms with Crippen molar-refractivity contribution in [2.75, 3.05) is 13.2 Å². The van der Waals surface area contributed by atoms with Gasteiger partial charge in [0.1, 0.15) is 16.9 Å². The first kappa shape index (κ1) is 21.4. The van der Waals surface area contributed by atoms with Gasteiger partial charge >= 0.3 is 0 Å². The number of nitrogens with one attached hydrogen (secondary N) is 1. The van der Waals surface area contributed by atoms with Crippen molar-refractivity contribution in [2.24, 2.45) is 0 Å². The van der Waals surface area contributed by atoms with E-state index in [-0.39, 0.29) is 18.1 Å². The van der Waals surface area contributed by atoms with E-state index >= 15 is 0 Å². The summed E-state index contributed by atoms with van der Waals surface area (Å²) in [6.07, 6.45) is 3.65. The standard InChI is InChI=1S/C23H26N4O3S/c1-4-20-12-24-23(31-20)17-9-16(10-19(11-17)30-18-7-8-29-13-18)22(28)25-15(3)21-6-5-14(2)26-27-21/h5-6,9-12,15,18H,4,7-8,13H2,1-3H3,(H,25,28)/t15?,18-/m0/s1. The van der Waals surface area contributed by atoms with Crippen molar-refractivity contribution in [3.8, 4) is 16.3 Å². The molecule has 0 saturated carbocycles. The highest BCUT2D eigenvalue weighted by molar-refractivity contribution is 7.15. The molecule has 1 saturated heterocycles. The highest BCUT2D eigenvalue weighted by atomic mass is 32.1. The molecule has 1 aromatic carbocycles. The number of thiazole rings is 1. The minimum Gasteiger partial charge on any atom is -0.488 e. The fourth-order valence-electron chi connectivity index (χ4n) is 3.32. The molecule has 4 rings (SSSR count). The van der Waals surface area contributed by atoms with Crippen LogP contribution in [-0.4, -0.2) is 40.4 Å². The topological polar surface area (TPSA) is 86.2 Å². The molecular weight excluding hydrogens is 412 g/mol. The number of rotatable bonds is 7. The largest absolute Gasteiger partial charge is 0.488 e. The molecule has 0 aliphatic carbocycles. The van der Waals surface area contributed by atoms with Gasteiger partial charge < -0.3 is 14.8 Å². The van der Waals surface area contributed by atoms with Gasteiger partial charge in [0, 0.05) is 28.6 Å². The summed E-state index contributed by atoms with van der Waals surface area (Å²) in [5.41, 5.74) is 2.94. The Balaban J connectivity index is 1.60. The minimum absolute atomic E-state index is 0.00425. The summed E-state index contributed by atoms with van der Waals surface area (Å²) >= 11 is 1.63. The molecule has 0 bridgehead atoms. The van der Waals surface area contributed by atoms with Crippen LogP contribution in [0.2, 0.25) is 0 Å². The van der Waals surface area contributed by atoms with E-state index < -0.39 is 0 Å². The maximum absolute atomic E-state index is 13.1. The van der Waals surface area contributed by atoms with Crippen LogP contribution in [0.1, 0.15) is 52.9 Å². The number of ether oxygens (including phenoxy) is 2. The first-order valence-electron chi connectivity index (χ1n) is 10.5. The average Bonchev–Trinajstić information content (AvgIpc) is 3.46. The summed E-state index contributed by atoms with van der Waals surface area (Å²) in [4.78, 5) is 18.8. The molecule has 1 aliphatic rings. The van der Waals surface area contributed by atoms with Crippen molar-refractivity contribution in [1.82, 2.24) is 20.5 Å². The molecule has 3 aromatic rings. The van der Waals surface area contributed by atoms with Crippen LogP contribution >= 0.6 is 11.3 Å². The first-order valence-corrected chi connectivity index (χ1v) is 11.3. The van der Waals surface area contributed by atoms with E-state index in [2.05, 4.69) is 27.4 Å². The average molecular weight is 439 g/mol. The van der Waals surface area contributed by atoms with E-state index in [1.165, 1.54) is 4.88 Å². The number of nitrogens with zero attached hydrogens (tertiary/aromatic N) is 3. The fourth-order valence-corrected chi connectivity index (χ4v) is 4.16. The molecule has 2 atom stereocenters. The Morgan fingerprint density at radius 1 is 1.32 bits per heavy atom. The van der Waals surface area contributed by atoms with Crippen LogP contribution in [0.5, 0.6) is 5.75 Å². The second-order valence-corrected chi connectivity index (χ2v) is 8.74. The van der Waals surface area contributed by atoms with Gasteiger partial charge in [0.25, 0.3) is 5.91 Å². The van der Waals surface area contributed by atoms with E-state index in [0.29, 0.717) is 30.2 Å². The van der Waals surface area contributed by atoms with Crippen LogP contribution in [-0.2, 0) is 11.2 Å². The lowest BCUT2D eigenvalue weighted by Crippen LogP contribution is -2.27. The van der Waals surface area contributed by atoms with Gasteiger partial charge in [0.15, 0.2) is 0 Å². The van der Waals surface area contributed by atoms with Crippen molar-refractivity contribution >= 4 is 17.2 Å². The predicted octanol–water partition coefficient (Wildman–Crippen LogP) is 4.13. The van der Waals surface area contributed by atoms with E-state index in [9.17, 15) is 4.79 Å². The lowest BCUT2D eigenvalue weighted by Gasteiger charge is -2.16. The van der Waals surface area contributed by atoms with Gasteiger partial charge in [0.2, 0.25) is 0 Å². The van der Waals surface area contributed by atoms with Crippen molar-refractivity contribution in [2.45, 2.75) is 45.8 Å². The number of aryl methyl sites for hydroxylation is 2. The molecule has 1 aliphatic heterocycles. The smallest absolute Gasteiger partial charge is 0.251 e. The van der Waals surface area contributed by atoms with Crippen molar-refractivity contribution in [1.29, 1.82) is 0 Å². The second-order valence-electron chi connectivity index (χ2n) is 7.63. The lowest BCUT2D eigenvalue weighted by atomic mass is 10.1. The molecule has 0 spiro atoms. The van der Waals surface area contributed by atoms with Gasteiger partial charge in [-0.15, -0.1) is 11.3 Å². The molecule has 162 valence electrons. The number of hydrogen-bond acceptors (Lipinski definition) is 7. The third kappa shape index (κ3) is 5.26. The molecule has 1 amide bonds. The number of aromatic nitrogens is 3. The Morgan fingerprint density at radius 3 is 2.87 bits per heavy atom. The van der Waals surface area contributed by atoms with Crippen molar-refractivity contribution in [3.05, 3.63) is 58.4 Å². The number of carbonyl (C=O) groups is 1. The number of carbonyl (C=O) groups excluding carboxylic acids is 1. The number of hydrogen-bond donors (Lipinski definition) is 1. The molecule has 2 aromatic heterocycles. The van der Waals surface area contributed by atoms with Gasteiger partial charge in [-0.2, -0.15) is 10.2 Å². The lowest BCUT2D eigenvalue weighted by molar-refractivity contribution is 0.0938. The summed E-state index contributed by atoms with van der Waals surface area (Å²) in [6.45, 7) is 7.13. The third-order valence-corrected chi connectivity index (χ3v) is 6.31. The van der Waals surface area contributed by atoms with E-state index in [4.69, 9.17) is 9.47 Å². The molecule has 1 fully saturated rings. The van der Waals surface area contributed by atoms with Crippen molar-refractivity contribution < 1.29 is 14.3 Å². The van der Waals surface area contributed by atoms with Crippen LogP contribution < -0.4 is 10.1 Å². The van der Waals surface area contributed by atoms with E-state index in [1.807, 2.05) is 44.3 Å². The van der Waals surface area contributed by atoms with Gasteiger partial charge in [-0.1, -0.05) is 6.92 Å². The predicted molar refractivity (Wildman–Crippen MR) is 119 cm³/mol. The quantitative estimate of drug-likeness (QED) is 0.597. The normalized spacial score (nSPS) is 16.8. The van der Waals surface area contributed by atoms with Crippen LogP contribution in [0.4, 0.5) is 0 Å². The Kier molecular flexibility index (Phi) is 6.58. The molecule has 7 nitrogen and oxygen atoms in total. The maximum atomic E-state index is 13.1. The summed E-state index contributed by atoms with van der Waals surface area (Å²) < 4.78 is 11.5. The minimum atomic E-state index is -0.275. The Morgan fingerprint density at radius 2 is 2.19 bits per heavy atom. The third-order valence-electron chi connectivity index (χ3n) is 5.12. The molecule has 31 heavy (non-hydrogen) atoms. The number of amides is 1. The van der Waals surface area contributed by atoms with Crippen LogP contribution in [0.15, 0.2) is 36.5 Å². The van der Waals surface area contributed by atoms with Gasteiger partial charge in [-0.25, -0.2) is 4.98 Å². The van der Waals surface area contributed by atoms with Crippen LogP contribution in [0, 0.1) is 6.92 Å². The molecule has 0 radical (unpaired) electrons. The fraction of sp³-hybridized carbons (Fsp3) is 0.391. The van der Waals surface area contributed by atoms with Crippen LogP contribution in [0.25, 0.3) is 10.6 Å². The summed E-state index contributed by atoms with van der Waals surface area (Å²) in [5.74, 6) is 0.450. The molecular formula is C23H26N4O3S. The number of benzene rings is 1. The first-order chi connectivity index (χ1) is 15.0. The van der Waals surface area contributed by atoms with E-state index in [0.717, 1.165) is 29.1 Å². The van der Waals surface area contributed by atoms with Crippen molar-refractivity contribution in [3.63, 3.8) is 0 Å². The molecule has 8 heteroatoms. The molecule has 3 heterocycles. The zero-order chi connectivity index (χ0) is 21.8. The summed E-state index contributed by atoms with van der Waals surface area (Å²) in [7, 11) is 0. The SMILES string of the molecule is CCc1cnc(-c2cc(O[C@H]3CCOC3)cc(C(=O)NC(C)c3ccc(C)nn3)c2)s1. The van der Waals surface area contributed by atoms with Gasteiger partial charge in [-0.05, 0) is 50.6 Å². The Bertz CT molecular complexity index is 1050. The Hall–Kier alpha value is -2.84. The van der Waals surface area contributed by atoms with Gasteiger partial charge in [0.05, 0.1) is 30.6 Å². The molecule has 1 N–H and O–H groups in total. The maximum Gasteiger partial charge on any atom is 0.251 e. The Labute approximate surface area is 185 Å². The van der Waals surface area contributed by atoms with Crippen LogP contribution in [0.3, 0.4) is 0 Å². The second kappa shape index (κ2) is 9.53. The zero-order valence-electron chi connectivity index (χ0n) is 17.9. The van der Waals surface area contributed by atoms with Gasteiger partial charge in [-0.3, -0.25) is 4.79 Å². The zero-order valence-corrected chi connectivity index (χ0v) is 18.7. The summed E-state index contributed by atoms with van der Waals surface area (Å²) in [6, 6.07) is 9.07.